The molecule has 54 heavy (non-hydrogen) atoms. The molecule has 0 aliphatic heterocycles. The summed E-state index contributed by atoms with van der Waals surface area (Å²) >= 11 is 0. The van der Waals surface area contributed by atoms with Crippen LogP contribution >= 0.6 is 0 Å². The summed E-state index contributed by atoms with van der Waals surface area (Å²) in [5.41, 5.74) is 10.8. The summed E-state index contributed by atoms with van der Waals surface area (Å²) in [7, 11) is 0. The van der Waals surface area contributed by atoms with E-state index in [0.29, 0.717) is 0 Å². The van der Waals surface area contributed by atoms with Crippen LogP contribution in [0.4, 0.5) is 0 Å². The topological polar surface area (TPSA) is 26.3 Å². The van der Waals surface area contributed by atoms with Crippen LogP contribution in [0.2, 0.25) is 0 Å². The molecule has 0 saturated heterocycles. The first-order valence-electron chi connectivity index (χ1n) is 18.5. The van der Waals surface area contributed by atoms with Gasteiger partial charge in [0, 0.05) is 27.6 Å². The van der Waals surface area contributed by atoms with E-state index in [1.807, 2.05) is 0 Å². The molecule has 2 heterocycles. The van der Waals surface area contributed by atoms with Crippen LogP contribution in [0.1, 0.15) is 0 Å². The first-order chi connectivity index (χ1) is 26.8. The maximum absolute atomic E-state index is 6.46. The molecule has 0 radical (unpaired) electrons. The monoisotopic (exact) mass is 686 g/mol. The van der Waals surface area contributed by atoms with Gasteiger partial charge in [0.15, 0.2) is 0 Å². The van der Waals surface area contributed by atoms with E-state index in [1.54, 1.807) is 0 Å². The number of benzene rings is 10. The van der Waals surface area contributed by atoms with Gasteiger partial charge in [-0.2, -0.15) is 0 Å². The Balaban J connectivity index is 1.09. The lowest BCUT2D eigenvalue weighted by Gasteiger charge is -2.19. The van der Waals surface area contributed by atoms with Crippen LogP contribution in [0.3, 0.4) is 0 Å². The normalized spacial score (nSPS) is 12.1. The van der Waals surface area contributed by atoms with Crippen LogP contribution in [0.15, 0.2) is 191 Å². The predicted octanol–water partition coefficient (Wildman–Crippen LogP) is 15.1. The van der Waals surface area contributed by atoms with Crippen molar-refractivity contribution in [2.24, 2.45) is 0 Å². The zero-order chi connectivity index (χ0) is 35.3. The summed E-state index contributed by atoms with van der Waals surface area (Å²) in [5, 5.41) is 14.3. The second-order valence-electron chi connectivity index (χ2n) is 14.3. The highest BCUT2D eigenvalue weighted by atomic mass is 16.3. The highest BCUT2D eigenvalue weighted by molar-refractivity contribution is 6.25. The van der Waals surface area contributed by atoms with E-state index in [-0.39, 0.29) is 0 Å². The summed E-state index contributed by atoms with van der Waals surface area (Å²) in [6, 6.07) is 65.7. The third-order valence-corrected chi connectivity index (χ3v) is 11.4. The molecule has 0 saturated carbocycles. The lowest BCUT2D eigenvalue weighted by atomic mass is 9.84. The van der Waals surface area contributed by atoms with Gasteiger partial charge in [-0.05, 0) is 101 Å². The fourth-order valence-electron chi connectivity index (χ4n) is 9.09. The first-order valence-corrected chi connectivity index (χ1v) is 18.5. The summed E-state index contributed by atoms with van der Waals surface area (Å²) in [6.45, 7) is 0. The number of hydrogen-bond acceptors (Lipinski definition) is 2. The van der Waals surface area contributed by atoms with E-state index in [1.165, 1.54) is 70.9 Å². The summed E-state index contributed by atoms with van der Waals surface area (Å²) in [6.07, 6.45) is 0. The molecule has 10 aromatic carbocycles. The lowest BCUT2D eigenvalue weighted by molar-refractivity contribution is 0.656. The summed E-state index contributed by atoms with van der Waals surface area (Å²) < 4.78 is 12.8. The minimum atomic E-state index is 0.830. The Morgan fingerprint density at radius 3 is 1.54 bits per heavy atom. The molecule has 0 unspecified atom stereocenters. The van der Waals surface area contributed by atoms with Crippen molar-refractivity contribution in [2.45, 2.75) is 0 Å². The Morgan fingerprint density at radius 1 is 0.259 bits per heavy atom. The lowest BCUT2D eigenvalue weighted by Crippen LogP contribution is -1.92. The van der Waals surface area contributed by atoms with Gasteiger partial charge in [0.2, 0.25) is 0 Å². The molecule has 0 aliphatic carbocycles. The molecule has 0 aliphatic rings. The maximum Gasteiger partial charge on any atom is 0.139 e. The molecule has 250 valence electrons. The minimum absolute atomic E-state index is 0.830. The smallest absolute Gasteiger partial charge is 0.139 e. The largest absolute Gasteiger partial charge is 0.456 e. The van der Waals surface area contributed by atoms with Gasteiger partial charge in [0.1, 0.15) is 22.3 Å². The Bertz CT molecular complexity index is 3430. The molecule has 12 aromatic rings. The van der Waals surface area contributed by atoms with Crippen LogP contribution in [-0.2, 0) is 0 Å². The van der Waals surface area contributed by atoms with Crippen molar-refractivity contribution in [1.82, 2.24) is 0 Å². The Morgan fingerprint density at radius 2 is 0.796 bits per heavy atom. The van der Waals surface area contributed by atoms with Gasteiger partial charge in [0.25, 0.3) is 0 Å². The minimum Gasteiger partial charge on any atom is -0.456 e. The SMILES string of the molecule is c1ccc(-c2c3ccccc3c(-c3ccc(-c4ccc5oc6cc7oc8ccc9ccccc9c8c7cc6c5c4)c4ccccc34)c3ccccc23)cc1. The molecule has 0 N–H and O–H groups in total. The van der Waals surface area contributed by atoms with E-state index in [9.17, 15) is 0 Å². The molecule has 2 aromatic heterocycles. The van der Waals surface area contributed by atoms with Crippen molar-refractivity contribution in [1.29, 1.82) is 0 Å². The predicted molar refractivity (Wildman–Crippen MR) is 227 cm³/mol. The highest BCUT2D eigenvalue weighted by Crippen LogP contribution is 2.47. The molecule has 0 bridgehead atoms. The standard InChI is InChI=1S/C52H30O2/c1-2-13-32(14-3-1)50-38-18-8-10-20-40(38)51(41-21-11-9-19-39(41)50)42-25-24-34(36-16-6-7-17-37(36)42)33-23-26-46-43(28-33)44-29-45-49(30-48(44)53-46)54-47-27-22-31-12-4-5-15-35(31)52(45)47/h1-30H. The first kappa shape index (κ1) is 29.4. The van der Waals surface area contributed by atoms with Crippen molar-refractivity contribution in [3.8, 4) is 33.4 Å². The third kappa shape index (κ3) is 4.17. The van der Waals surface area contributed by atoms with E-state index in [2.05, 4.69) is 182 Å². The molecule has 0 atom stereocenters. The quantitative estimate of drug-likeness (QED) is 0.173. The molecular weight excluding hydrogens is 657 g/mol. The van der Waals surface area contributed by atoms with E-state index in [0.717, 1.165) is 49.4 Å². The molecular formula is C52H30O2. The van der Waals surface area contributed by atoms with Gasteiger partial charge in [-0.3, -0.25) is 0 Å². The second-order valence-corrected chi connectivity index (χ2v) is 14.3. The molecule has 2 nitrogen and oxygen atoms in total. The Hall–Kier alpha value is -7.16. The number of furan rings is 2. The van der Waals surface area contributed by atoms with Crippen LogP contribution < -0.4 is 0 Å². The van der Waals surface area contributed by atoms with Gasteiger partial charge in [-0.1, -0.05) is 152 Å². The van der Waals surface area contributed by atoms with Crippen LogP contribution in [-0.4, -0.2) is 0 Å². The number of fused-ring (bicyclic) bond motifs is 11. The number of rotatable bonds is 3. The van der Waals surface area contributed by atoms with Crippen LogP contribution in [0.25, 0.3) is 120 Å². The van der Waals surface area contributed by atoms with Gasteiger partial charge in [0.05, 0.1) is 0 Å². The molecule has 2 heteroatoms. The van der Waals surface area contributed by atoms with Crippen molar-refractivity contribution in [3.63, 3.8) is 0 Å². The average Bonchev–Trinajstić information content (AvgIpc) is 3.79. The van der Waals surface area contributed by atoms with Crippen molar-refractivity contribution < 1.29 is 8.83 Å². The number of hydrogen-bond donors (Lipinski definition) is 0. The van der Waals surface area contributed by atoms with Crippen LogP contribution in [0.5, 0.6) is 0 Å². The van der Waals surface area contributed by atoms with Gasteiger partial charge < -0.3 is 8.83 Å². The summed E-state index contributed by atoms with van der Waals surface area (Å²) in [4.78, 5) is 0. The van der Waals surface area contributed by atoms with E-state index in [4.69, 9.17) is 8.83 Å². The molecule has 0 spiro atoms. The van der Waals surface area contributed by atoms with Crippen molar-refractivity contribution >= 4 is 87.0 Å². The second kappa shape index (κ2) is 11.2. The third-order valence-electron chi connectivity index (χ3n) is 11.4. The molecule has 0 amide bonds. The zero-order valence-corrected chi connectivity index (χ0v) is 29.1. The molecule has 12 rings (SSSR count). The fourth-order valence-corrected chi connectivity index (χ4v) is 9.09. The highest BCUT2D eigenvalue weighted by Gasteiger charge is 2.20. The zero-order valence-electron chi connectivity index (χ0n) is 29.1. The van der Waals surface area contributed by atoms with Crippen molar-refractivity contribution in [2.75, 3.05) is 0 Å². The Kier molecular flexibility index (Phi) is 6.09. The van der Waals surface area contributed by atoms with Gasteiger partial charge >= 0.3 is 0 Å². The van der Waals surface area contributed by atoms with Gasteiger partial charge in [-0.15, -0.1) is 0 Å². The summed E-state index contributed by atoms with van der Waals surface area (Å²) in [5.74, 6) is 0. The maximum atomic E-state index is 6.46. The van der Waals surface area contributed by atoms with Crippen molar-refractivity contribution in [3.05, 3.63) is 182 Å². The Labute approximate surface area is 310 Å². The average molecular weight is 687 g/mol. The van der Waals surface area contributed by atoms with E-state index >= 15 is 0 Å². The van der Waals surface area contributed by atoms with E-state index < -0.39 is 0 Å². The van der Waals surface area contributed by atoms with Gasteiger partial charge in [-0.25, -0.2) is 0 Å². The van der Waals surface area contributed by atoms with Crippen LogP contribution in [0, 0.1) is 0 Å². The fraction of sp³-hybridized carbons (Fsp3) is 0. The molecule has 0 fully saturated rings.